The van der Waals surface area contributed by atoms with Crippen molar-refractivity contribution in [1.29, 1.82) is 0 Å². The molecule has 184 valence electrons. The number of nitrogens with zero attached hydrogens (tertiary/aromatic N) is 2. The molecular weight excluding hydrogens is 447 g/mol. The van der Waals surface area contributed by atoms with Crippen LogP contribution >= 0.6 is 0 Å². The van der Waals surface area contributed by atoms with Crippen molar-refractivity contribution in [1.82, 2.24) is 5.32 Å². The summed E-state index contributed by atoms with van der Waals surface area (Å²) in [6.07, 6.45) is -0.663. The van der Waals surface area contributed by atoms with Crippen molar-refractivity contribution in [2.45, 2.75) is 51.4 Å². The molecule has 10 nitrogen and oxygen atoms in total. The summed E-state index contributed by atoms with van der Waals surface area (Å²) in [6.45, 7) is 6.03. The number of likely N-dealkylation sites (N-methyl/N-ethyl adjacent to an activating group) is 2. The number of quaternary nitrogens is 2. The monoisotopic (exact) mass is 490 g/mol. The van der Waals surface area contributed by atoms with E-state index in [4.69, 9.17) is 5.73 Å². The van der Waals surface area contributed by atoms with Gasteiger partial charge in [-0.05, 0) is 19.3 Å². The van der Waals surface area contributed by atoms with Crippen molar-refractivity contribution >= 4 is 21.9 Å². The van der Waals surface area contributed by atoms with Crippen LogP contribution in [0.25, 0.3) is 0 Å². The number of hydrogen-bond acceptors (Lipinski definition) is 6. The van der Waals surface area contributed by atoms with Crippen LogP contribution < -0.4 is 40.6 Å². The standard InChI is InChI=1S/C20H42N4O6S.Na/c1-9-15(18(21)26)10-17(31(28,29)30)11-20(2,3)19(27)22-14-24(7,8)13-16(25)12-23(4,5)6;/h15-17,25H,9-14H2,1-8H3,(H2-2,21,22,26,27,28,29,30);/q;+1/p+1. The molecule has 32 heavy (non-hydrogen) atoms. The van der Waals surface area contributed by atoms with Gasteiger partial charge in [0.15, 0.2) is 12.8 Å². The third-order valence-corrected chi connectivity index (χ3v) is 6.51. The van der Waals surface area contributed by atoms with Gasteiger partial charge in [0.05, 0.1) is 50.6 Å². The second-order valence-corrected chi connectivity index (χ2v) is 12.5. The Balaban J connectivity index is 0. The maximum atomic E-state index is 12.8. The maximum Gasteiger partial charge on any atom is 1.00 e. The third-order valence-electron chi connectivity index (χ3n) is 5.33. The van der Waals surface area contributed by atoms with Crippen molar-refractivity contribution in [3.63, 3.8) is 0 Å². The summed E-state index contributed by atoms with van der Waals surface area (Å²) in [6, 6.07) is 0. The van der Waals surface area contributed by atoms with Gasteiger partial charge in [0.1, 0.15) is 13.1 Å². The van der Waals surface area contributed by atoms with Crippen LogP contribution in [0.15, 0.2) is 0 Å². The summed E-state index contributed by atoms with van der Waals surface area (Å²) >= 11 is 0. The third kappa shape index (κ3) is 13.4. The SMILES string of the molecule is CCC(CC(CC(C)(C)C(=O)NC[N+](C)(C)CC(O)C[N+](C)(C)C)S(=O)(=O)[O-])C(N)=O.[Na+]. The molecule has 0 saturated heterocycles. The van der Waals surface area contributed by atoms with Crippen LogP contribution in [0, 0.1) is 11.3 Å². The van der Waals surface area contributed by atoms with Gasteiger partial charge < -0.3 is 29.7 Å². The molecule has 12 heteroatoms. The molecule has 3 unspecified atom stereocenters. The zero-order valence-electron chi connectivity index (χ0n) is 21.3. The van der Waals surface area contributed by atoms with Gasteiger partial charge in [-0.15, -0.1) is 0 Å². The molecular formula is C20H43N4NaO6S+2. The Hall–Kier alpha value is -0.270. The van der Waals surface area contributed by atoms with Gasteiger partial charge in [-0.25, -0.2) is 8.42 Å². The van der Waals surface area contributed by atoms with Crippen LogP contribution in [0.1, 0.15) is 40.0 Å². The van der Waals surface area contributed by atoms with Gasteiger partial charge in [0.25, 0.3) is 0 Å². The van der Waals surface area contributed by atoms with E-state index < -0.39 is 44.6 Å². The quantitative estimate of drug-likeness (QED) is 0.0993. The van der Waals surface area contributed by atoms with E-state index in [-0.39, 0.29) is 49.1 Å². The number of rotatable bonds is 14. The first-order valence-corrected chi connectivity index (χ1v) is 12.0. The Morgan fingerprint density at radius 3 is 2.00 bits per heavy atom. The minimum atomic E-state index is -4.72. The summed E-state index contributed by atoms with van der Waals surface area (Å²) in [5.74, 6) is -1.81. The fraction of sp³-hybridized carbons (Fsp3) is 0.900. The van der Waals surface area contributed by atoms with Gasteiger partial charge in [-0.2, -0.15) is 0 Å². The van der Waals surface area contributed by atoms with Crippen LogP contribution in [-0.2, 0) is 19.7 Å². The molecule has 0 aromatic carbocycles. The van der Waals surface area contributed by atoms with E-state index in [1.165, 1.54) is 0 Å². The van der Waals surface area contributed by atoms with Gasteiger partial charge in [0.2, 0.25) is 11.8 Å². The Morgan fingerprint density at radius 2 is 1.62 bits per heavy atom. The summed E-state index contributed by atoms with van der Waals surface area (Å²) in [4.78, 5) is 24.3. The van der Waals surface area contributed by atoms with Gasteiger partial charge >= 0.3 is 29.6 Å². The Morgan fingerprint density at radius 1 is 1.12 bits per heavy atom. The van der Waals surface area contributed by atoms with E-state index in [0.29, 0.717) is 28.5 Å². The largest absolute Gasteiger partial charge is 1.00 e. The van der Waals surface area contributed by atoms with Gasteiger partial charge in [-0.1, -0.05) is 20.8 Å². The minimum Gasteiger partial charge on any atom is -0.748 e. The molecule has 0 aromatic heterocycles. The van der Waals surface area contributed by atoms with Crippen LogP contribution in [0.5, 0.6) is 0 Å². The molecule has 0 saturated carbocycles. The van der Waals surface area contributed by atoms with E-state index in [9.17, 15) is 27.7 Å². The van der Waals surface area contributed by atoms with Crippen molar-refractivity contribution in [3.8, 4) is 0 Å². The smallest absolute Gasteiger partial charge is 0.748 e. The van der Waals surface area contributed by atoms with E-state index in [0.717, 1.165) is 0 Å². The molecule has 4 N–H and O–H groups in total. The summed E-state index contributed by atoms with van der Waals surface area (Å²) in [5.41, 5.74) is 4.14. The topological polar surface area (TPSA) is 150 Å². The Labute approximate surface area is 216 Å². The molecule has 0 aliphatic carbocycles. The van der Waals surface area contributed by atoms with E-state index >= 15 is 0 Å². The molecule has 0 bridgehead atoms. The average Bonchev–Trinajstić information content (AvgIpc) is 2.52. The zero-order chi connectivity index (χ0) is 24.8. The predicted molar refractivity (Wildman–Crippen MR) is 118 cm³/mol. The molecule has 0 aliphatic rings. The van der Waals surface area contributed by atoms with Crippen molar-refractivity contribution in [2.24, 2.45) is 17.1 Å². The molecule has 0 fully saturated rings. The molecule has 0 aliphatic heterocycles. The minimum absolute atomic E-state index is 0. The van der Waals surface area contributed by atoms with Crippen LogP contribution in [0.4, 0.5) is 0 Å². The van der Waals surface area contributed by atoms with E-state index in [1.54, 1.807) is 20.8 Å². The number of carbonyl (C=O) groups excluding carboxylic acids is 2. The van der Waals surface area contributed by atoms with Crippen molar-refractivity contribution < 1.29 is 66.2 Å². The molecule has 0 spiro atoms. The van der Waals surface area contributed by atoms with Crippen LogP contribution in [-0.4, -0.2) is 105 Å². The van der Waals surface area contributed by atoms with Crippen molar-refractivity contribution in [3.05, 3.63) is 0 Å². The number of primary amides is 1. The molecule has 3 atom stereocenters. The second kappa shape index (κ2) is 13.0. The second-order valence-electron chi connectivity index (χ2n) is 10.9. The summed E-state index contributed by atoms with van der Waals surface area (Å²) in [7, 11) is 4.96. The number of hydrogen-bond donors (Lipinski definition) is 3. The first-order valence-electron chi connectivity index (χ1n) is 10.5. The summed E-state index contributed by atoms with van der Waals surface area (Å²) in [5, 5.41) is 11.7. The average molecular weight is 491 g/mol. The van der Waals surface area contributed by atoms with E-state index in [2.05, 4.69) is 5.32 Å². The number of aliphatic hydroxyl groups is 1. The fourth-order valence-corrected chi connectivity index (χ4v) is 4.71. The maximum absolute atomic E-state index is 12.8. The normalized spacial score (nSPS) is 15.9. The Kier molecular flexibility index (Phi) is 13.8. The molecule has 0 rings (SSSR count). The predicted octanol–water partition coefficient (Wildman–Crippen LogP) is -3.56. The van der Waals surface area contributed by atoms with Crippen LogP contribution in [0.2, 0.25) is 0 Å². The zero-order valence-corrected chi connectivity index (χ0v) is 24.2. The van der Waals surface area contributed by atoms with Crippen molar-refractivity contribution in [2.75, 3.05) is 55.0 Å². The molecule has 0 heterocycles. The van der Waals surface area contributed by atoms with Gasteiger partial charge in [0, 0.05) is 11.3 Å². The Bertz CT molecular complexity index is 722. The number of aliphatic hydroxyl groups excluding tert-OH is 1. The molecule has 0 radical (unpaired) electrons. The summed E-state index contributed by atoms with van der Waals surface area (Å²) < 4.78 is 36.3. The molecule has 2 amide bonds. The number of nitrogens with one attached hydrogen (secondary N) is 1. The number of nitrogens with two attached hydrogens (primary N) is 1. The first-order chi connectivity index (χ1) is 13.7. The first kappa shape index (κ1) is 33.9. The fourth-order valence-electron chi connectivity index (χ4n) is 3.62. The van der Waals surface area contributed by atoms with E-state index in [1.807, 2.05) is 35.2 Å². The number of carbonyl (C=O) groups is 2. The molecule has 0 aromatic rings. The number of amides is 2. The van der Waals surface area contributed by atoms with Gasteiger partial charge in [-0.3, -0.25) is 9.59 Å². The van der Waals surface area contributed by atoms with Crippen LogP contribution in [0.3, 0.4) is 0 Å².